The SMILES string of the molecule is CCOC(=O)C(C)NCc1c(Cl)cccc1Cl. The van der Waals surface area contributed by atoms with E-state index in [0.29, 0.717) is 23.2 Å². The summed E-state index contributed by atoms with van der Waals surface area (Å²) in [5.41, 5.74) is 0.784. The smallest absolute Gasteiger partial charge is 0.322 e. The van der Waals surface area contributed by atoms with Crippen LogP contribution < -0.4 is 5.32 Å². The summed E-state index contributed by atoms with van der Waals surface area (Å²) in [5.74, 6) is -0.282. The van der Waals surface area contributed by atoms with Gasteiger partial charge >= 0.3 is 5.97 Å². The van der Waals surface area contributed by atoms with Crippen LogP contribution in [0.5, 0.6) is 0 Å². The second-order valence-electron chi connectivity index (χ2n) is 3.55. The first kappa shape index (κ1) is 14.3. The summed E-state index contributed by atoms with van der Waals surface area (Å²) in [7, 11) is 0. The Bertz CT molecular complexity index is 376. The first-order valence-electron chi connectivity index (χ1n) is 5.39. The second-order valence-corrected chi connectivity index (χ2v) is 4.37. The van der Waals surface area contributed by atoms with Crippen molar-refractivity contribution in [3.8, 4) is 0 Å². The van der Waals surface area contributed by atoms with E-state index in [-0.39, 0.29) is 12.0 Å². The number of nitrogens with one attached hydrogen (secondary N) is 1. The molecule has 17 heavy (non-hydrogen) atoms. The number of esters is 1. The highest BCUT2D eigenvalue weighted by molar-refractivity contribution is 6.35. The van der Waals surface area contributed by atoms with Gasteiger partial charge in [0.15, 0.2) is 0 Å². The molecule has 0 radical (unpaired) electrons. The van der Waals surface area contributed by atoms with Gasteiger partial charge in [0.2, 0.25) is 0 Å². The predicted octanol–water partition coefficient (Wildman–Crippen LogP) is 3.03. The summed E-state index contributed by atoms with van der Waals surface area (Å²) in [6, 6.07) is 4.92. The van der Waals surface area contributed by atoms with Crippen molar-refractivity contribution in [2.75, 3.05) is 6.61 Å². The number of ether oxygens (including phenoxy) is 1. The molecule has 0 saturated carbocycles. The maximum atomic E-state index is 11.4. The van der Waals surface area contributed by atoms with Gasteiger partial charge in [0.1, 0.15) is 6.04 Å². The van der Waals surface area contributed by atoms with Crippen molar-refractivity contribution in [1.29, 1.82) is 0 Å². The summed E-state index contributed by atoms with van der Waals surface area (Å²) in [4.78, 5) is 11.4. The summed E-state index contributed by atoms with van der Waals surface area (Å²) in [5, 5.41) is 4.19. The van der Waals surface area contributed by atoms with E-state index in [1.54, 1.807) is 32.0 Å². The number of hydrogen-bond acceptors (Lipinski definition) is 3. The Morgan fingerprint density at radius 3 is 2.53 bits per heavy atom. The van der Waals surface area contributed by atoms with Gasteiger partial charge in [-0.15, -0.1) is 0 Å². The highest BCUT2D eigenvalue weighted by atomic mass is 35.5. The molecule has 0 fully saturated rings. The summed E-state index contributed by atoms with van der Waals surface area (Å²) in [6.45, 7) is 4.31. The van der Waals surface area contributed by atoms with E-state index in [9.17, 15) is 4.79 Å². The number of carbonyl (C=O) groups is 1. The van der Waals surface area contributed by atoms with Crippen molar-refractivity contribution >= 4 is 29.2 Å². The van der Waals surface area contributed by atoms with Crippen molar-refractivity contribution in [3.05, 3.63) is 33.8 Å². The third kappa shape index (κ3) is 4.19. The van der Waals surface area contributed by atoms with Crippen LogP contribution in [0.2, 0.25) is 10.0 Å². The van der Waals surface area contributed by atoms with E-state index < -0.39 is 0 Å². The van der Waals surface area contributed by atoms with Crippen molar-refractivity contribution in [2.24, 2.45) is 0 Å². The maximum Gasteiger partial charge on any atom is 0.322 e. The molecule has 1 aromatic rings. The topological polar surface area (TPSA) is 38.3 Å². The molecule has 0 aliphatic carbocycles. The van der Waals surface area contributed by atoms with Crippen LogP contribution in [-0.2, 0) is 16.1 Å². The average Bonchev–Trinajstić information content (AvgIpc) is 2.28. The summed E-state index contributed by atoms with van der Waals surface area (Å²) in [6.07, 6.45) is 0. The summed E-state index contributed by atoms with van der Waals surface area (Å²) >= 11 is 12.0. The zero-order valence-corrected chi connectivity index (χ0v) is 11.3. The molecule has 0 saturated heterocycles. The van der Waals surface area contributed by atoms with Gasteiger partial charge in [0.25, 0.3) is 0 Å². The maximum absolute atomic E-state index is 11.4. The van der Waals surface area contributed by atoms with E-state index in [1.165, 1.54) is 0 Å². The van der Waals surface area contributed by atoms with Gasteiger partial charge < -0.3 is 10.1 Å². The Labute approximate surface area is 111 Å². The number of halogens is 2. The minimum atomic E-state index is -0.387. The van der Waals surface area contributed by atoms with Crippen LogP contribution in [0.15, 0.2) is 18.2 Å². The fourth-order valence-electron chi connectivity index (χ4n) is 1.31. The Hall–Kier alpha value is -0.770. The lowest BCUT2D eigenvalue weighted by molar-refractivity contribution is -0.145. The van der Waals surface area contributed by atoms with Gasteiger partial charge in [-0.1, -0.05) is 29.3 Å². The van der Waals surface area contributed by atoms with Crippen LogP contribution in [0.3, 0.4) is 0 Å². The molecule has 3 nitrogen and oxygen atoms in total. The molecular weight excluding hydrogens is 261 g/mol. The lowest BCUT2D eigenvalue weighted by Crippen LogP contribution is -2.35. The molecule has 1 rings (SSSR count). The molecule has 1 aromatic carbocycles. The van der Waals surface area contributed by atoms with E-state index in [4.69, 9.17) is 27.9 Å². The van der Waals surface area contributed by atoms with Crippen molar-refractivity contribution in [1.82, 2.24) is 5.32 Å². The molecule has 1 unspecified atom stereocenters. The van der Waals surface area contributed by atoms with Gasteiger partial charge in [0, 0.05) is 22.2 Å². The first-order chi connectivity index (χ1) is 8.06. The number of rotatable bonds is 5. The Morgan fingerprint density at radius 1 is 1.41 bits per heavy atom. The minimum Gasteiger partial charge on any atom is -0.465 e. The van der Waals surface area contributed by atoms with Gasteiger partial charge in [-0.25, -0.2) is 0 Å². The molecule has 5 heteroatoms. The molecule has 1 atom stereocenters. The number of carbonyl (C=O) groups excluding carboxylic acids is 1. The molecule has 1 N–H and O–H groups in total. The third-order valence-electron chi connectivity index (χ3n) is 2.29. The zero-order valence-electron chi connectivity index (χ0n) is 9.80. The molecule has 0 amide bonds. The van der Waals surface area contributed by atoms with Crippen molar-refractivity contribution in [2.45, 2.75) is 26.4 Å². The van der Waals surface area contributed by atoms with Gasteiger partial charge in [-0.3, -0.25) is 4.79 Å². The largest absolute Gasteiger partial charge is 0.465 e. The minimum absolute atomic E-state index is 0.282. The fraction of sp³-hybridized carbons (Fsp3) is 0.417. The first-order valence-corrected chi connectivity index (χ1v) is 6.14. The molecule has 94 valence electrons. The normalized spacial score (nSPS) is 12.2. The van der Waals surface area contributed by atoms with Gasteiger partial charge in [0.05, 0.1) is 6.61 Å². The van der Waals surface area contributed by atoms with Crippen molar-refractivity contribution < 1.29 is 9.53 Å². The molecule has 0 heterocycles. The Morgan fingerprint density at radius 2 is 2.00 bits per heavy atom. The Balaban J connectivity index is 2.58. The number of benzene rings is 1. The lowest BCUT2D eigenvalue weighted by Gasteiger charge is -2.14. The van der Waals surface area contributed by atoms with Crippen LogP contribution >= 0.6 is 23.2 Å². The highest BCUT2D eigenvalue weighted by Gasteiger charge is 2.14. The van der Waals surface area contributed by atoms with E-state index in [2.05, 4.69) is 5.32 Å². The summed E-state index contributed by atoms with van der Waals surface area (Å²) < 4.78 is 4.89. The average molecular weight is 276 g/mol. The standard InChI is InChI=1S/C12H15Cl2NO2/c1-3-17-12(16)8(2)15-7-9-10(13)5-4-6-11(9)14/h4-6,8,15H,3,7H2,1-2H3. The quantitative estimate of drug-likeness (QED) is 0.840. The highest BCUT2D eigenvalue weighted by Crippen LogP contribution is 2.23. The second kappa shape index (κ2) is 6.84. The lowest BCUT2D eigenvalue weighted by atomic mass is 10.2. The van der Waals surface area contributed by atoms with Gasteiger partial charge in [-0.2, -0.15) is 0 Å². The molecule has 0 aliphatic rings. The third-order valence-corrected chi connectivity index (χ3v) is 3.00. The van der Waals surface area contributed by atoms with Crippen LogP contribution in [0.1, 0.15) is 19.4 Å². The van der Waals surface area contributed by atoms with E-state index in [0.717, 1.165) is 5.56 Å². The number of hydrogen-bond donors (Lipinski definition) is 1. The van der Waals surface area contributed by atoms with Gasteiger partial charge in [-0.05, 0) is 26.0 Å². The van der Waals surface area contributed by atoms with Crippen molar-refractivity contribution in [3.63, 3.8) is 0 Å². The molecule has 0 bridgehead atoms. The van der Waals surface area contributed by atoms with Crippen LogP contribution in [0, 0.1) is 0 Å². The van der Waals surface area contributed by atoms with Crippen LogP contribution in [-0.4, -0.2) is 18.6 Å². The molecule has 0 spiro atoms. The van der Waals surface area contributed by atoms with Crippen LogP contribution in [0.4, 0.5) is 0 Å². The predicted molar refractivity (Wildman–Crippen MR) is 69.4 cm³/mol. The van der Waals surface area contributed by atoms with E-state index >= 15 is 0 Å². The molecule has 0 aliphatic heterocycles. The fourth-order valence-corrected chi connectivity index (χ4v) is 1.84. The molecular formula is C12H15Cl2NO2. The Kier molecular flexibility index (Phi) is 5.75. The monoisotopic (exact) mass is 275 g/mol. The van der Waals surface area contributed by atoms with Crippen LogP contribution in [0.25, 0.3) is 0 Å². The molecule has 0 aromatic heterocycles. The zero-order chi connectivity index (χ0) is 12.8. The van der Waals surface area contributed by atoms with E-state index in [1.807, 2.05) is 0 Å².